The van der Waals surface area contributed by atoms with Crippen LogP contribution in [0.3, 0.4) is 0 Å². The lowest BCUT2D eigenvalue weighted by Gasteiger charge is -2.07. The first-order valence-corrected chi connectivity index (χ1v) is 6.07. The van der Waals surface area contributed by atoms with Crippen LogP contribution < -0.4 is 4.74 Å². The van der Waals surface area contributed by atoms with E-state index in [1.807, 2.05) is 19.1 Å². The lowest BCUT2D eigenvalue weighted by atomic mass is 10.1. The van der Waals surface area contributed by atoms with Gasteiger partial charge in [-0.25, -0.2) is 0 Å². The second-order valence-electron chi connectivity index (χ2n) is 4.03. The van der Waals surface area contributed by atoms with Crippen molar-refractivity contribution in [3.63, 3.8) is 0 Å². The van der Waals surface area contributed by atoms with Gasteiger partial charge in [-0.05, 0) is 47.5 Å². The Labute approximate surface area is 108 Å². The minimum Gasteiger partial charge on any atom is -0.493 e. The number of halogens is 1. The molecule has 3 nitrogen and oxygen atoms in total. The zero-order valence-corrected chi connectivity index (χ0v) is 11.6. The zero-order chi connectivity index (χ0) is 12.6. The third kappa shape index (κ3) is 2.22. The van der Waals surface area contributed by atoms with Gasteiger partial charge in [-0.2, -0.15) is 0 Å². The molecule has 0 aliphatic rings. The summed E-state index contributed by atoms with van der Waals surface area (Å²) in [6.07, 6.45) is 0.386. The van der Waals surface area contributed by atoms with Crippen LogP contribution >= 0.6 is 15.9 Å². The second kappa shape index (κ2) is 4.53. The number of ether oxygens (including phenoxy) is 1. The SMILES string of the molecule is COc1cc(CC(C)=O)c(Br)c2cc(C)oc12. The van der Waals surface area contributed by atoms with Crippen molar-refractivity contribution in [2.75, 3.05) is 7.11 Å². The van der Waals surface area contributed by atoms with E-state index in [9.17, 15) is 4.79 Å². The van der Waals surface area contributed by atoms with Gasteiger partial charge in [-0.1, -0.05) is 0 Å². The fourth-order valence-electron chi connectivity index (χ4n) is 1.87. The summed E-state index contributed by atoms with van der Waals surface area (Å²) in [5.74, 6) is 1.60. The van der Waals surface area contributed by atoms with Gasteiger partial charge in [0.15, 0.2) is 11.3 Å². The molecule has 0 radical (unpaired) electrons. The van der Waals surface area contributed by atoms with Crippen LogP contribution in [-0.2, 0) is 11.2 Å². The van der Waals surface area contributed by atoms with E-state index in [0.29, 0.717) is 17.8 Å². The fraction of sp³-hybridized carbons (Fsp3) is 0.308. The first-order valence-electron chi connectivity index (χ1n) is 5.28. The maximum atomic E-state index is 11.2. The summed E-state index contributed by atoms with van der Waals surface area (Å²) in [6, 6.07) is 3.78. The van der Waals surface area contributed by atoms with Crippen molar-refractivity contribution in [2.24, 2.45) is 0 Å². The number of hydrogen-bond acceptors (Lipinski definition) is 3. The molecule has 0 atom stereocenters. The molecule has 2 rings (SSSR count). The molecule has 0 saturated heterocycles. The molecule has 4 heteroatoms. The maximum absolute atomic E-state index is 11.2. The van der Waals surface area contributed by atoms with Crippen molar-refractivity contribution in [2.45, 2.75) is 20.3 Å². The Balaban J connectivity index is 2.70. The molecule has 2 aromatic rings. The van der Waals surface area contributed by atoms with Crippen molar-refractivity contribution in [3.8, 4) is 5.75 Å². The molecule has 17 heavy (non-hydrogen) atoms. The fourth-order valence-corrected chi connectivity index (χ4v) is 2.42. The summed E-state index contributed by atoms with van der Waals surface area (Å²) >= 11 is 3.52. The summed E-state index contributed by atoms with van der Waals surface area (Å²) < 4.78 is 11.8. The van der Waals surface area contributed by atoms with E-state index in [4.69, 9.17) is 9.15 Å². The second-order valence-corrected chi connectivity index (χ2v) is 4.82. The molecule has 1 heterocycles. The Morgan fingerprint density at radius 3 is 2.76 bits per heavy atom. The van der Waals surface area contributed by atoms with Gasteiger partial charge in [0, 0.05) is 16.3 Å². The normalized spacial score (nSPS) is 10.8. The molecule has 0 N–H and O–H groups in total. The molecule has 0 aliphatic heterocycles. The monoisotopic (exact) mass is 296 g/mol. The van der Waals surface area contributed by atoms with E-state index in [2.05, 4.69) is 15.9 Å². The highest BCUT2D eigenvalue weighted by molar-refractivity contribution is 9.10. The first kappa shape index (κ1) is 12.2. The van der Waals surface area contributed by atoms with Crippen molar-refractivity contribution >= 4 is 32.7 Å². The average Bonchev–Trinajstić information content (AvgIpc) is 2.64. The molecule has 1 aromatic carbocycles. The third-order valence-corrected chi connectivity index (χ3v) is 3.50. The summed E-state index contributed by atoms with van der Waals surface area (Å²) in [7, 11) is 1.60. The molecule has 0 fully saturated rings. The lowest BCUT2D eigenvalue weighted by molar-refractivity contribution is -0.116. The maximum Gasteiger partial charge on any atom is 0.177 e. The molecule has 0 unspecified atom stereocenters. The van der Waals surface area contributed by atoms with Gasteiger partial charge in [0.25, 0.3) is 0 Å². The highest BCUT2D eigenvalue weighted by Gasteiger charge is 2.15. The number of ketones is 1. The molecule has 1 aromatic heterocycles. The van der Waals surface area contributed by atoms with Crippen LogP contribution in [0, 0.1) is 6.92 Å². The van der Waals surface area contributed by atoms with Gasteiger partial charge in [-0.3, -0.25) is 4.79 Å². The molecule has 0 amide bonds. The van der Waals surface area contributed by atoms with E-state index in [1.165, 1.54) is 0 Å². The first-order chi connectivity index (χ1) is 8.02. The van der Waals surface area contributed by atoms with E-state index in [-0.39, 0.29) is 5.78 Å². The van der Waals surface area contributed by atoms with Crippen molar-refractivity contribution in [3.05, 3.63) is 27.9 Å². The molecular formula is C13H13BrO3. The number of carbonyl (C=O) groups excluding carboxylic acids is 1. The zero-order valence-electron chi connectivity index (χ0n) is 9.96. The number of fused-ring (bicyclic) bond motifs is 1. The topological polar surface area (TPSA) is 39.4 Å². The quantitative estimate of drug-likeness (QED) is 0.868. The van der Waals surface area contributed by atoms with E-state index in [1.54, 1.807) is 14.0 Å². The summed E-state index contributed by atoms with van der Waals surface area (Å²) in [5.41, 5.74) is 1.63. The van der Waals surface area contributed by atoms with Gasteiger partial charge in [0.05, 0.1) is 7.11 Å². The number of methoxy groups -OCH3 is 1. The predicted octanol–water partition coefficient (Wildman–Crippen LogP) is 3.64. The number of rotatable bonds is 3. The number of aryl methyl sites for hydroxylation is 1. The molecular weight excluding hydrogens is 284 g/mol. The van der Waals surface area contributed by atoms with Crippen LogP contribution in [0.5, 0.6) is 5.75 Å². The number of benzene rings is 1. The van der Waals surface area contributed by atoms with Crippen molar-refractivity contribution < 1.29 is 13.9 Å². The number of furan rings is 1. The van der Waals surface area contributed by atoms with Crippen LogP contribution in [0.25, 0.3) is 11.0 Å². The summed E-state index contributed by atoms with van der Waals surface area (Å²) in [5, 5.41) is 0.943. The summed E-state index contributed by atoms with van der Waals surface area (Å²) in [4.78, 5) is 11.2. The molecule has 0 saturated carbocycles. The predicted molar refractivity (Wildman–Crippen MR) is 69.6 cm³/mol. The Hall–Kier alpha value is -1.29. The largest absolute Gasteiger partial charge is 0.493 e. The van der Waals surface area contributed by atoms with Gasteiger partial charge >= 0.3 is 0 Å². The minimum absolute atomic E-state index is 0.118. The number of carbonyl (C=O) groups is 1. The van der Waals surface area contributed by atoms with E-state index < -0.39 is 0 Å². The van der Waals surface area contributed by atoms with Crippen LogP contribution in [0.2, 0.25) is 0 Å². The highest BCUT2D eigenvalue weighted by atomic mass is 79.9. The average molecular weight is 297 g/mol. The molecule has 0 aliphatic carbocycles. The number of Topliss-reactive ketones (excluding diaryl/α,β-unsaturated/α-hetero) is 1. The molecule has 90 valence electrons. The third-order valence-electron chi connectivity index (χ3n) is 2.56. The van der Waals surface area contributed by atoms with Crippen LogP contribution in [-0.4, -0.2) is 12.9 Å². The number of hydrogen-bond donors (Lipinski definition) is 0. The van der Waals surface area contributed by atoms with Crippen LogP contribution in [0.15, 0.2) is 21.0 Å². The lowest BCUT2D eigenvalue weighted by Crippen LogP contribution is -1.98. The molecule has 0 bridgehead atoms. The van der Waals surface area contributed by atoms with Crippen molar-refractivity contribution in [1.29, 1.82) is 0 Å². The van der Waals surface area contributed by atoms with Gasteiger partial charge in [0.1, 0.15) is 11.5 Å². The minimum atomic E-state index is 0.118. The smallest absolute Gasteiger partial charge is 0.177 e. The molecule has 0 spiro atoms. The Morgan fingerprint density at radius 2 is 2.18 bits per heavy atom. The highest BCUT2D eigenvalue weighted by Crippen LogP contribution is 2.37. The standard InChI is InChI=1S/C13H13BrO3/c1-7(15)4-9-6-11(16-3)13-10(12(9)14)5-8(2)17-13/h5-6H,4H2,1-3H3. The van der Waals surface area contributed by atoms with Gasteiger partial charge in [-0.15, -0.1) is 0 Å². The van der Waals surface area contributed by atoms with Crippen molar-refractivity contribution in [1.82, 2.24) is 0 Å². The Bertz CT molecular complexity index is 584. The van der Waals surface area contributed by atoms with Gasteiger partial charge < -0.3 is 9.15 Å². The van der Waals surface area contributed by atoms with Crippen LogP contribution in [0.4, 0.5) is 0 Å². The Kier molecular flexibility index (Phi) is 3.24. The Morgan fingerprint density at radius 1 is 1.47 bits per heavy atom. The van der Waals surface area contributed by atoms with Gasteiger partial charge in [0.2, 0.25) is 0 Å². The van der Waals surface area contributed by atoms with E-state index >= 15 is 0 Å². The van der Waals surface area contributed by atoms with Crippen LogP contribution in [0.1, 0.15) is 18.2 Å². The van der Waals surface area contributed by atoms with E-state index in [0.717, 1.165) is 21.2 Å². The summed E-state index contributed by atoms with van der Waals surface area (Å²) in [6.45, 7) is 3.46.